The second-order valence-corrected chi connectivity index (χ2v) is 9.00. The van der Waals surface area contributed by atoms with Crippen LogP contribution >= 0.6 is 11.3 Å². The molecule has 2 heterocycles. The first-order valence-corrected chi connectivity index (χ1v) is 11.2. The summed E-state index contributed by atoms with van der Waals surface area (Å²) in [5, 5.41) is 22.5. The second-order valence-electron chi connectivity index (χ2n) is 8.00. The van der Waals surface area contributed by atoms with Crippen LogP contribution in [0.1, 0.15) is 27.5 Å². The van der Waals surface area contributed by atoms with Crippen LogP contribution in [0.2, 0.25) is 0 Å². The third-order valence-electron chi connectivity index (χ3n) is 5.69. The molecular weight excluding hydrogens is 473 g/mol. The van der Waals surface area contributed by atoms with Gasteiger partial charge in [-0.2, -0.15) is 0 Å². The number of nitrogens with zero attached hydrogens (tertiary/aromatic N) is 3. The van der Waals surface area contributed by atoms with Gasteiger partial charge in [-0.1, -0.05) is 29.5 Å². The largest absolute Gasteiger partial charge is 0.503 e. The molecule has 8 nitrogen and oxygen atoms in total. The van der Waals surface area contributed by atoms with E-state index >= 15 is 0 Å². The molecular formula is C25H16FN3O5S. The summed E-state index contributed by atoms with van der Waals surface area (Å²) in [6, 6.07) is 14.6. The Labute approximate surface area is 201 Å². The van der Waals surface area contributed by atoms with Crippen molar-refractivity contribution < 1.29 is 24.0 Å². The number of non-ortho nitro benzene ring substituents is 1. The predicted octanol–water partition coefficient (Wildman–Crippen LogP) is 5.43. The van der Waals surface area contributed by atoms with Crippen molar-refractivity contribution in [3.8, 4) is 0 Å². The Hall–Kier alpha value is -4.44. The minimum Gasteiger partial charge on any atom is -0.503 e. The first-order valence-electron chi connectivity index (χ1n) is 10.4. The summed E-state index contributed by atoms with van der Waals surface area (Å²) in [4.78, 5) is 43.3. The number of carbonyl (C=O) groups is 2. The topological polar surface area (TPSA) is 114 Å². The van der Waals surface area contributed by atoms with Gasteiger partial charge >= 0.3 is 0 Å². The van der Waals surface area contributed by atoms with E-state index in [4.69, 9.17) is 0 Å². The number of aliphatic hydroxyl groups excluding tert-OH is 1. The molecule has 1 aliphatic rings. The molecule has 0 bridgehead atoms. The van der Waals surface area contributed by atoms with E-state index in [9.17, 15) is 29.2 Å². The zero-order valence-corrected chi connectivity index (χ0v) is 19.0. The second kappa shape index (κ2) is 8.41. The molecule has 1 unspecified atom stereocenters. The number of Topliss-reactive ketones (excluding diaryl/α,β-unsaturated/α-hetero) is 1. The fraction of sp³-hybridized carbons (Fsp3) is 0.0800. The summed E-state index contributed by atoms with van der Waals surface area (Å²) < 4.78 is 14.2. The highest BCUT2D eigenvalue weighted by Crippen LogP contribution is 2.44. The summed E-state index contributed by atoms with van der Waals surface area (Å²) in [5.74, 6) is -2.90. The van der Waals surface area contributed by atoms with Crippen LogP contribution in [-0.4, -0.2) is 26.7 Å². The summed E-state index contributed by atoms with van der Waals surface area (Å²) in [6.07, 6.45) is 0. The van der Waals surface area contributed by atoms with Gasteiger partial charge in [0, 0.05) is 17.7 Å². The van der Waals surface area contributed by atoms with Gasteiger partial charge in [-0.05, 0) is 54.4 Å². The van der Waals surface area contributed by atoms with Crippen molar-refractivity contribution in [2.45, 2.75) is 13.0 Å². The average Bonchev–Trinajstić information content (AvgIpc) is 3.37. The van der Waals surface area contributed by atoms with Crippen molar-refractivity contribution in [3.63, 3.8) is 0 Å². The highest BCUT2D eigenvalue weighted by atomic mass is 32.1. The quantitative estimate of drug-likeness (QED) is 0.227. The van der Waals surface area contributed by atoms with Crippen LogP contribution in [0, 0.1) is 22.9 Å². The number of nitro groups is 1. The fourth-order valence-electron chi connectivity index (χ4n) is 4.04. The third kappa shape index (κ3) is 3.83. The number of aryl methyl sites for hydroxylation is 1. The molecule has 0 spiro atoms. The van der Waals surface area contributed by atoms with E-state index in [1.165, 1.54) is 52.6 Å². The number of anilines is 1. The van der Waals surface area contributed by atoms with Crippen molar-refractivity contribution in [2.75, 3.05) is 4.90 Å². The molecule has 1 amide bonds. The van der Waals surface area contributed by atoms with Crippen LogP contribution in [0.4, 0.5) is 15.2 Å². The van der Waals surface area contributed by atoms with E-state index in [1.54, 1.807) is 6.07 Å². The highest BCUT2D eigenvalue weighted by molar-refractivity contribution is 7.22. The lowest BCUT2D eigenvalue weighted by Gasteiger charge is -2.24. The van der Waals surface area contributed by atoms with Gasteiger partial charge in [0.1, 0.15) is 5.82 Å². The maximum Gasteiger partial charge on any atom is 0.296 e. The zero-order valence-electron chi connectivity index (χ0n) is 18.1. The maximum atomic E-state index is 13.4. The molecule has 1 aliphatic heterocycles. The number of thiazole rings is 1. The van der Waals surface area contributed by atoms with E-state index < -0.39 is 34.2 Å². The first kappa shape index (κ1) is 22.4. The Kier molecular flexibility index (Phi) is 5.37. The number of hydrogen-bond donors (Lipinski definition) is 1. The lowest BCUT2D eigenvalue weighted by molar-refractivity contribution is -0.384. The van der Waals surface area contributed by atoms with Crippen molar-refractivity contribution >= 4 is 44.1 Å². The normalized spacial score (nSPS) is 15.8. The number of hydrogen-bond acceptors (Lipinski definition) is 7. The Morgan fingerprint density at radius 2 is 1.89 bits per heavy atom. The number of rotatable bonds is 5. The average molecular weight is 489 g/mol. The number of aliphatic hydroxyl groups is 1. The lowest BCUT2D eigenvalue weighted by Crippen LogP contribution is -2.31. The molecule has 174 valence electrons. The van der Waals surface area contributed by atoms with Crippen molar-refractivity contribution in [1.82, 2.24) is 4.98 Å². The van der Waals surface area contributed by atoms with Crippen molar-refractivity contribution in [1.29, 1.82) is 0 Å². The van der Waals surface area contributed by atoms with Crippen LogP contribution in [0.15, 0.2) is 78.1 Å². The Bertz CT molecular complexity index is 1560. The maximum absolute atomic E-state index is 13.4. The number of halogens is 1. The summed E-state index contributed by atoms with van der Waals surface area (Å²) in [7, 11) is 0. The van der Waals surface area contributed by atoms with Crippen LogP contribution in [0.25, 0.3) is 10.2 Å². The molecule has 10 heteroatoms. The SMILES string of the molecule is Cc1ccc2nc(N3C(=O)C(O)=C(C(=O)c4ccc(F)cc4)C3c3cccc([N+](=O)[O-])c3)sc2c1. The standard InChI is InChI=1S/C25H16FN3O5S/c1-13-5-10-18-19(11-13)35-25(27-18)28-21(15-3-2-4-17(12-15)29(33)34)20(23(31)24(28)32)22(30)14-6-8-16(26)9-7-14/h2-12,21,31H,1H3. The molecule has 35 heavy (non-hydrogen) atoms. The van der Waals surface area contributed by atoms with Crippen LogP contribution in [0.5, 0.6) is 0 Å². The molecule has 1 atom stereocenters. The van der Waals surface area contributed by atoms with Crippen molar-refractivity contribution in [3.05, 3.63) is 111 Å². The summed E-state index contributed by atoms with van der Waals surface area (Å²) in [5.41, 5.74) is 1.41. The van der Waals surface area contributed by atoms with E-state index in [1.807, 2.05) is 19.1 Å². The molecule has 0 fully saturated rings. The van der Waals surface area contributed by atoms with E-state index in [0.29, 0.717) is 5.52 Å². The molecule has 4 aromatic rings. The first-order chi connectivity index (χ1) is 16.7. The molecule has 0 saturated carbocycles. The van der Waals surface area contributed by atoms with E-state index in [-0.39, 0.29) is 27.5 Å². The monoisotopic (exact) mass is 489 g/mol. The molecule has 3 aromatic carbocycles. The molecule has 1 N–H and O–H groups in total. The molecule has 0 radical (unpaired) electrons. The predicted molar refractivity (Wildman–Crippen MR) is 128 cm³/mol. The number of amides is 1. The zero-order chi connectivity index (χ0) is 24.9. The van der Waals surface area contributed by atoms with Gasteiger partial charge in [-0.25, -0.2) is 9.37 Å². The van der Waals surface area contributed by atoms with Gasteiger partial charge in [-0.3, -0.25) is 24.6 Å². The smallest absolute Gasteiger partial charge is 0.296 e. The van der Waals surface area contributed by atoms with Gasteiger partial charge in [0.2, 0.25) is 0 Å². The fourth-order valence-corrected chi connectivity index (χ4v) is 5.13. The minimum atomic E-state index is -1.18. The number of nitro benzene ring substituents is 1. The number of fused-ring (bicyclic) bond motifs is 1. The Morgan fingerprint density at radius 1 is 1.14 bits per heavy atom. The Balaban J connectivity index is 1.70. The molecule has 1 aromatic heterocycles. The number of carbonyl (C=O) groups excluding carboxylic acids is 2. The van der Waals surface area contributed by atoms with Crippen molar-refractivity contribution in [2.24, 2.45) is 0 Å². The van der Waals surface area contributed by atoms with Gasteiger partial charge in [0.15, 0.2) is 16.7 Å². The van der Waals surface area contributed by atoms with E-state index in [2.05, 4.69) is 4.98 Å². The Morgan fingerprint density at radius 3 is 2.60 bits per heavy atom. The van der Waals surface area contributed by atoms with E-state index in [0.717, 1.165) is 22.4 Å². The van der Waals surface area contributed by atoms with Crippen LogP contribution in [-0.2, 0) is 4.79 Å². The lowest BCUT2D eigenvalue weighted by atomic mass is 9.92. The van der Waals surface area contributed by atoms with Gasteiger partial charge < -0.3 is 5.11 Å². The summed E-state index contributed by atoms with van der Waals surface area (Å²) in [6.45, 7) is 1.92. The number of benzene rings is 3. The van der Waals surface area contributed by atoms with Crippen LogP contribution in [0.3, 0.4) is 0 Å². The third-order valence-corrected chi connectivity index (χ3v) is 6.71. The number of ketones is 1. The molecule has 0 aliphatic carbocycles. The highest BCUT2D eigenvalue weighted by Gasteiger charge is 2.46. The van der Waals surface area contributed by atoms with Gasteiger partial charge in [0.25, 0.3) is 11.6 Å². The van der Waals surface area contributed by atoms with Crippen LogP contribution < -0.4 is 4.90 Å². The number of aromatic nitrogens is 1. The van der Waals surface area contributed by atoms with Gasteiger partial charge in [-0.15, -0.1) is 0 Å². The van der Waals surface area contributed by atoms with Gasteiger partial charge in [0.05, 0.1) is 26.8 Å². The summed E-state index contributed by atoms with van der Waals surface area (Å²) >= 11 is 1.20. The molecule has 5 rings (SSSR count). The minimum absolute atomic E-state index is 0.0537. The molecule has 0 saturated heterocycles.